The number of aliphatic hydroxyl groups is 1. The fourth-order valence-electron chi connectivity index (χ4n) is 0.487. The number of carbonyl (C=O) groups excluding carboxylic acids is 1. The molecule has 1 unspecified atom stereocenters. The molecule has 0 radical (unpaired) electrons. The summed E-state index contributed by atoms with van der Waals surface area (Å²) in [6.45, 7) is 4.99. The van der Waals surface area contributed by atoms with Gasteiger partial charge in [-0.2, -0.15) is 0 Å². The minimum Gasteiger partial charge on any atom is -0.459 e. The molecule has 0 heterocycles. The molecule has 0 aliphatic heterocycles. The Bertz CT molecular complexity index is 120. The second kappa shape index (κ2) is 4.99. The minimum absolute atomic E-state index is 0.0333. The van der Waals surface area contributed by atoms with E-state index < -0.39 is 5.97 Å². The van der Waals surface area contributed by atoms with E-state index in [0.717, 1.165) is 6.08 Å². The van der Waals surface area contributed by atoms with Crippen molar-refractivity contribution in [2.75, 3.05) is 6.61 Å². The van der Waals surface area contributed by atoms with Crippen molar-refractivity contribution in [3.63, 3.8) is 0 Å². The van der Waals surface area contributed by atoms with Crippen LogP contribution in [0.5, 0.6) is 0 Å². The van der Waals surface area contributed by atoms with Gasteiger partial charge in [0.15, 0.2) is 0 Å². The average Bonchev–Trinajstić information content (AvgIpc) is 1.88. The summed E-state index contributed by atoms with van der Waals surface area (Å²) in [5.41, 5.74) is 0. The molecule has 0 amide bonds. The van der Waals surface area contributed by atoms with Crippen LogP contribution in [0.15, 0.2) is 12.7 Å². The molecule has 0 aromatic heterocycles. The predicted molar refractivity (Wildman–Crippen MR) is 37.5 cm³/mol. The second-order valence-corrected chi connectivity index (χ2v) is 1.96. The van der Waals surface area contributed by atoms with Crippen molar-refractivity contribution in [1.29, 1.82) is 0 Å². The maximum Gasteiger partial charge on any atom is 0.330 e. The third-order valence-corrected chi connectivity index (χ3v) is 1.02. The average molecular weight is 144 g/mol. The minimum atomic E-state index is -0.444. The monoisotopic (exact) mass is 144 g/mol. The Morgan fingerprint density at radius 2 is 2.50 bits per heavy atom. The molecule has 0 saturated carbocycles. The van der Waals surface area contributed by atoms with Crippen LogP contribution in [0.2, 0.25) is 0 Å². The largest absolute Gasteiger partial charge is 0.459 e. The van der Waals surface area contributed by atoms with E-state index in [-0.39, 0.29) is 12.7 Å². The fourth-order valence-corrected chi connectivity index (χ4v) is 0.487. The van der Waals surface area contributed by atoms with Crippen LogP contribution in [0.25, 0.3) is 0 Å². The van der Waals surface area contributed by atoms with Gasteiger partial charge in [-0.3, -0.25) is 0 Å². The Hall–Kier alpha value is -0.830. The van der Waals surface area contributed by atoms with Crippen molar-refractivity contribution < 1.29 is 14.6 Å². The van der Waals surface area contributed by atoms with Crippen molar-refractivity contribution in [2.24, 2.45) is 0 Å². The van der Waals surface area contributed by atoms with Gasteiger partial charge in [0.05, 0.1) is 0 Å². The van der Waals surface area contributed by atoms with E-state index in [1.165, 1.54) is 0 Å². The normalized spacial score (nSPS) is 12.2. The van der Waals surface area contributed by atoms with E-state index >= 15 is 0 Å². The van der Waals surface area contributed by atoms with Gasteiger partial charge in [-0.25, -0.2) is 4.79 Å². The second-order valence-electron chi connectivity index (χ2n) is 1.96. The third kappa shape index (κ3) is 4.09. The van der Waals surface area contributed by atoms with Gasteiger partial charge < -0.3 is 9.84 Å². The molecule has 3 heteroatoms. The number of ether oxygens (including phenoxy) is 1. The van der Waals surface area contributed by atoms with Crippen molar-refractivity contribution in [2.45, 2.75) is 19.4 Å². The van der Waals surface area contributed by atoms with E-state index in [1.807, 2.05) is 0 Å². The van der Waals surface area contributed by atoms with Crippen LogP contribution in [0.4, 0.5) is 0 Å². The van der Waals surface area contributed by atoms with Gasteiger partial charge in [-0.15, -0.1) is 0 Å². The summed E-state index contributed by atoms with van der Waals surface area (Å²) in [5, 5.41) is 8.41. The number of hydrogen-bond donors (Lipinski definition) is 1. The molecule has 0 rings (SSSR count). The molecule has 10 heavy (non-hydrogen) atoms. The first-order valence-corrected chi connectivity index (χ1v) is 3.14. The zero-order valence-corrected chi connectivity index (χ0v) is 6.04. The molecule has 0 saturated heterocycles. The zero-order valence-electron chi connectivity index (χ0n) is 6.04. The Morgan fingerprint density at radius 3 is 2.90 bits per heavy atom. The highest BCUT2D eigenvalue weighted by molar-refractivity contribution is 5.81. The van der Waals surface area contributed by atoms with Gasteiger partial charge in [-0.1, -0.05) is 6.58 Å². The summed E-state index contributed by atoms with van der Waals surface area (Å²) in [6.07, 6.45) is 1.35. The Labute approximate surface area is 60.3 Å². The van der Waals surface area contributed by atoms with Crippen molar-refractivity contribution in [1.82, 2.24) is 0 Å². The van der Waals surface area contributed by atoms with Crippen LogP contribution in [0, 0.1) is 0 Å². The number of rotatable bonds is 4. The highest BCUT2D eigenvalue weighted by Crippen LogP contribution is 1.96. The molecule has 0 aromatic rings. The van der Waals surface area contributed by atoms with E-state index in [0.29, 0.717) is 6.42 Å². The summed E-state index contributed by atoms with van der Waals surface area (Å²) in [4.78, 5) is 10.5. The van der Waals surface area contributed by atoms with Crippen LogP contribution >= 0.6 is 0 Å². The van der Waals surface area contributed by atoms with Gasteiger partial charge in [0.2, 0.25) is 0 Å². The smallest absolute Gasteiger partial charge is 0.330 e. The molecule has 1 atom stereocenters. The van der Waals surface area contributed by atoms with Crippen LogP contribution in [0.3, 0.4) is 0 Å². The Kier molecular flexibility index (Phi) is 4.58. The zero-order chi connectivity index (χ0) is 7.98. The topological polar surface area (TPSA) is 46.5 Å². The molecular formula is C7H12O3. The lowest BCUT2D eigenvalue weighted by Gasteiger charge is -2.08. The lowest BCUT2D eigenvalue weighted by molar-refractivity contribution is -0.142. The van der Waals surface area contributed by atoms with E-state index in [4.69, 9.17) is 9.84 Å². The molecule has 1 N–H and O–H groups in total. The summed E-state index contributed by atoms with van der Waals surface area (Å²) in [7, 11) is 0. The molecule has 0 fully saturated rings. The third-order valence-electron chi connectivity index (χ3n) is 1.02. The fraction of sp³-hybridized carbons (Fsp3) is 0.571. The molecular weight excluding hydrogens is 132 g/mol. The number of esters is 1. The highest BCUT2D eigenvalue weighted by atomic mass is 16.5. The van der Waals surface area contributed by atoms with Crippen molar-refractivity contribution in [3.8, 4) is 0 Å². The Morgan fingerprint density at radius 1 is 1.90 bits per heavy atom. The molecule has 0 bridgehead atoms. The summed E-state index contributed by atoms with van der Waals surface area (Å²) >= 11 is 0. The maximum absolute atomic E-state index is 10.5. The number of aliphatic hydroxyl groups excluding tert-OH is 1. The Balaban J connectivity index is 3.46. The molecule has 0 aliphatic rings. The van der Waals surface area contributed by atoms with Crippen LogP contribution < -0.4 is 0 Å². The van der Waals surface area contributed by atoms with Crippen LogP contribution in [-0.2, 0) is 9.53 Å². The van der Waals surface area contributed by atoms with E-state index in [2.05, 4.69) is 6.58 Å². The predicted octanol–water partition coefficient (Wildman–Crippen LogP) is 0.486. The molecule has 3 nitrogen and oxygen atoms in total. The van der Waals surface area contributed by atoms with Gasteiger partial charge in [0.25, 0.3) is 0 Å². The summed E-state index contributed by atoms with van der Waals surface area (Å²) in [6, 6.07) is 0. The summed E-state index contributed by atoms with van der Waals surface area (Å²) < 4.78 is 4.72. The molecule has 0 aromatic carbocycles. The first-order valence-electron chi connectivity index (χ1n) is 3.14. The van der Waals surface area contributed by atoms with Gasteiger partial charge in [0, 0.05) is 19.1 Å². The maximum atomic E-state index is 10.5. The molecule has 0 spiro atoms. The van der Waals surface area contributed by atoms with Gasteiger partial charge in [0.1, 0.15) is 6.10 Å². The first kappa shape index (κ1) is 9.17. The molecule has 0 aliphatic carbocycles. The standard InChI is InChI=1S/C7H12O3/c1-3-7(9)10-6(2)4-5-8/h3,6,8H,1,4-5H2,2H3. The molecule has 58 valence electrons. The van der Waals surface area contributed by atoms with Crippen LogP contribution in [-0.4, -0.2) is 23.8 Å². The van der Waals surface area contributed by atoms with E-state index in [9.17, 15) is 4.79 Å². The van der Waals surface area contributed by atoms with Crippen molar-refractivity contribution >= 4 is 5.97 Å². The van der Waals surface area contributed by atoms with Gasteiger partial charge >= 0.3 is 5.97 Å². The SMILES string of the molecule is C=CC(=O)OC(C)CCO. The lowest BCUT2D eigenvalue weighted by atomic mass is 10.3. The summed E-state index contributed by atoms with van der Waals surface area (Å²) in [5.74, 6) is -0.444. The van der Waals surface area contributed by atoms with Crippen LogP contribution in [0.1, 0.15) is 13.3 Å². The van der Waals surface area contributed by atoms with Gasteiger partial charge in [-0.05, 0) is 6.92 Å². The lowest BCUT2D eigenvalue weighted by Crippen LogP contribution is -2.13. The number of hydrogen-bond acceptors (Lipinski definition) is 3. The highest BCUT2D eigenvalue weighted by Gasteiger charge is 2.03. The van der Waals surface area contributed by atoms with E-state index in [1.54, 1.807) is 6.92 Å². The van der Waals surface area contributed by atoms with Crippen molar-refractivity contribution in [3.05, 3.63) is 12.7 Å². The first-order chi connectivity index (χ1) is 4.70. The number of carbonyl (C=O) groups is 1. The quantitative estimate of drug-likeness (QED) is 0.461.